The van der Waals surface area contributed by atoms with Gasteiger partial charge in [0.1, 0.15) is 17.5 Å². The van der Waals surface area contributed by atoms with Crippen molar-refractivity contribution in [1.82, 2.24) is 20.4 Å². The molecular formula is C16H12F3N5O. The van der Waals surface area contributed by atoms with Gasteiger partial charge in [0.05, 0.1) is 5.56 Å². The molecule has 3 aromatic rings. The Morgan fingerprint density at radius 2 is 2.04 bits per heavy atom. The topological polar surface area (TPSA) is 91.4 Å². The lowest BCUT2D eigenvalue weighted by Gasteiger charge is -2.06. The number of rotatable bonds is 4. The number of aromatic amines is 1. The lowest BCUT2D eigenvalue weighted by atomic mass is 10.1. The van der Waals surface area contributed by atoms with Crippen molar-refractivity contribution in [3.05, 3.63) is 41.3 Å². The fraction of sp³-hybridized carbons (Fsp3) is 0.250. The van der Waals surface area contributed by atoms with Crippen molar-refractivity contribution < 1.29 is 17.6 Å². The third kappa shape index (κ3) is 3.24. The molecule has 0 saturated heterocycles. The van der Waals surface area contributed by atoms with E-state index in [0.29, 0.717) is 17.9 Å². The molecule has 0 amide bonds. The van der Waals surface area contributed by atoms with Gasteiger partial charge in [-0.15, -0.1) is 5.10 Å². The SMILES string of the molecule is CCCc1oc(-c2cccc(C(F)(F)F)c2)nc1-c1n[nH]nc1C#N. The summed E-state index contributed by atoms with van der Waals surface area (Å²) in [4.78, 5) is 4.27. The third-order valence-electron chi connectivity index (χ3n) is 3.49. The van der Waals surface area contributed by atoms with Crippen molar-refractivity contribution in [2.45, 2.75) is 25.9 Å². The molecule has 0 fully saturated rings. The number of H-pyrrole nitrogens is 1. The Balaban J connectivity index is 2.11. The van der Waals surface area contributed by atoms with Gasteiger partial charge in [-0.05, 0) is 24.6 Å². The van der Waals surface area contributed by atoms with Gasteiger partial charge in [0.2, 0.25) is 5.89 Å². The minimum Gasteiger partial charge on any atom is -0.440 e. The van der Waals surface area contributed by atoms with Crippen LogP contribution in [0.2, 0.25) is 0 Å². The summed E-state index contributed by atoms with van der Waals surface area (Å²) < 4.78 is 44.4. The lowest BCUT2D eigenvalue weighted by molar-refractivity contribution is -0.137. The number of aryl methyl sites for hydroxylation is 1. The number of nitrogens with one attached hydrogen (secondary N) is 1. The zero-order chi connectivity index (χ0) is 18.0. The van der Waals surface area contributed by atoms with Gasteiger partial charge in [0, 0.05) is 12.0 Å². The van der Waals surface area contributed by atoms with Crippen LogP contribution in [-0.2, 0) is 12.6 Å². The lowest BCUT2D eigenvalue weighted by Crippen LogP contribution is -2.04. The van der Waals surface area contributed by atoms with Crippen LogP contribution in [0.5, 0.6) is 0 Å². The molecule has 0 spiro atoms. The van der Waals surface area contributed by atoms with Crippen LogP contribution in [0.1, 0.15) is 30.4 Å². The van der Waals surface area contributed by atoms with Gasteiger partial charge in [-0.1, -0.05) is 13.0 Å². The molecule has 128 valence electrons. The molecule has 1 aromatic carbocycles. The van der Waals surface area contributed by atoms with E-state index in [2.05, 4.69) is 20.4 Å². The van der Waals surface area contributed by atoms with Gasteiger partial charge in [-0.2, -0.15) is 28.7 Å². The van der Waals surface area contributed by atoms with E-state index in [9.17, 15) is 13.2 Å². The second-order valence-electron chi connectivity index (χ2n) is 5.25. The van der Waals surface area contributed by atoms with Crippen LogP contribution in [-0.4, -0.2) is 20.4 Å². The molecule has 0 aliphatic rings. The van der Waals surface area contributed by atoms with Crippen molar-refractivity contribution in [1.29, 1.82) is 5.26 Å². The number of hydrogen-bond acceptors (Lipinski definition) is 5. The average molecular weight is 347 g/mol. The smallest absolute Gasteiger partial charge is 0.416 e. The summed E-state index contributed by atoms with van der Waals surface area (Å²) in [6.45, 7) is 1.92. The number of hydrogen-bond donors (Lipinski definition) is 1. The van der Waals surface area contributed by atoms with Gasteiger partial charge in [0.25, 0.3) is 0 Å². The molecule has 3 rings (SSSR count). The van der Waals surface area contributed by atoms with E-state index in [-0.39, 0.29) is 22.8 Å². The predicted molar refractivity (Wildman–Crippen MR) is 81.0 cm³/mol. The summed E-state index contributed by atoms with van der Waals surface area (Å²) in [6.07, 6.45) is -3.24. The molecule has 0 aliphatic carbocycles. The molecule has 2 aromatic heterocycles. The highest BCUT2D eigenvalue weighted by atomic mass is 19.4. The Labute approximate surface area is 140 Å². The first-order valence-corrected chi connectivity index (χ1v) is 7.42. The molecule has 1 N–H and O–H groups in total. The van der Waals surface area contributed by atoms with Gasteiger partial charge in [-0.25, -0.2) is 4.98 Å². The number of aromatic nitrogens is 4. The summed E-state index contributed by atoms with van der Waals surface area (Å²) >= 11 is 0. The molecule has 2 heterocycles. The van der Waals surface area contributed by atoms with Crippen molar-refractivity contribution in [3.63, 3.8) is 0 Å². The first kappa shape index (κ1) is 16.7. The molecule has 0 saturated carbocycles. The molecule has 9 heteroatoms. The quantitative estimate of drug-likeness (QED) is 0.771. The van der Waals surface area contributed by atoms with Crippen molar-refractivity contribution in [2.75, 3.05) is 0 Å². The Bertz CT molecular complexity index is 936. The standard InChI is InChI=1S/C16H12F3N5O/c1-2-4-12-14(13-11(8-20)22-24-23-13)21-15(25-12)9-5-3-6-10(7-9)16(17,18)19/h3,5-7H,2,4H2,1H3,(H,22,23,24). The highest BCUT2D eigenvalue weighted by Crippen LogP contribution is 2.34. The third-order valence-corrected chi connectivity index (χ3v) is 3.49. The monoisotopic (exact) mass is 347 g/mol. The molecule has 0 aliphatic heterocycles. The minimum atomic E-state index is -4.46. The van der Waals surface area contributed by atoms with Gasteiger partial charge < -0.3 is 4.42 Å². The average Bonchev–Trinajstić information content (AvgIpc) is 3.20. The Hall–Kier alpha value is -3.15. The second-order valence-corrected chi connectivity index (χ2v) is 5.25. The normalized spacial score (nSPS) is 11.5. The summed E-state index contributed by atoms with van der Waals surface area (Å²) in [6, 6.07) is 6.61. The van der Waals surface area contributed by atoms with Gasteiger partial charge in [-0.3, -0.25) is 0 Å². The Morgan fingerprint density at radius 1 is 1.24 bits per heavy atom. The van der Waals surface area contributed by atoms with Crippen molar-refractivity contribution in [3.8, 4) is 28.9 Å². The molecule has 6 nitrogen and oxygen atoms in total. The molecule has 25 heavy (non-hydrogen) atoms. The van der Waals surface area contributed by atoms with Crippen LogP contribution >= 0.6 is 0 Å². The van der Waals surface area contributed by atoms with Crippen LogP contribution in [0.4, 0.5) is 13.2 Å². The Morgan fingerprint density at radius 3 is 2.72 bits per heavy atom. The highest BCUT2D eigenvalue weighted by molar-refractivity contribution is 5.66. The number of alkyl halides is 3. The van der Waals surface area contributed by atoms with E-state index in [1.54, 1.807) is 0 Å². The van der Waals surface area contributed by atoms with E-state index in [1.165, 1.54) is 12.1 Å². The zero-order valence-electron chi connectivity index (χ0n) is 13.1. The maximum atomic E-state index is 12.9. The number of nitrogens with zero attached hydrogens (tertiary/aromatic N) is 4. The van der Waals surface area contributed by atoms with Crippen LogP contribution in [0.15, 0.2) is 28.7 Å². The first-order valence-electron chi connectivity index (χ1n) is 7.42. The molecule has 0 radical (unpaired) electrons. The first-order chi connectivity index (χ1) is 11.9. The van der Waals surface area contributed by atoms with Crippen LogP contribution in [0, 0.1) is 11.3 Å². The number of oxazole rings is 1. The second kappa shape index (κ2) is 6.39. The van der Waals surface area contributed by atoms with Crippen LogP contribution in [0.3, 0.4) is 0 Å². The molecule has 0 atom stereocenters. The predicted octanol–water partition coefficient (Wildman–Crippen LogP) is 3.97. The fourth-order valence-electron chi connectivity index (χ4n) is 2.36. The maximum Gasteiger partial charge on any atom is 0.416 e. The number of benzene rings is 1. The maximum absolute atomic E-state index is 12.9. The zero-order valence-corrected chi connectivity index (χ0v) is 13.1. The molecular weight excluding hydrogens is 335 g/mol. The largest absolute Gasteiger partial charge is 0.440 e. The van der Waals surface area contributed by atoms with E-state index in [1.807, 2.05) is 13.0 Å². The van der Waals surface area contributed by atoms with E-state index in [0.717, 1.165) is 18.6 Å². The van der Waals surface area contributed by atoms with Crippen molar-refractivity contribution >= 4 is 0 Å². The highest BCUT2D eigenvalue weighted by Gasteiger charge is 2.31. The van der Waals surface area contributed by atoms with E-state index < -0.39 is 11.7 Å². The summed E-state index contributed by atoms with van der Waals surface area (Å²) in [5.74, 6) is 0.483. The number of halogens is 3. The van der Waals surface area contributed by atoms with Gasteiger partial charge in [0.15, 0.2) is 11.4 Å². The molecule has 0 bridgehead atoms. The van der Waals surface area contributed by atoms with E-state index >= 15 is 0 Å². The Kier molecular flexibility index (Phi) is 4.27. The fourth-order valence-corrected chi connectivity index (χ4v) is 2.36. The van der Waals surface area contributed by atoms with Gasteiger partial charge >= 0.3 is 6.18 Å². The van der Waals surface area contributed by atoms with Crippen molar-refractivity contribution in [2.24, 2.45) is 0 Å². The van der Waals surface area contributed by atoms with Crippen LogP contribution in [0.25, 0.3) is 22.8 Å². The summed E-state index contributed by atoms with van der Waals surface area (Å²) in [7, 11) is 0. The summed E-state index contributed by atoms with van der Waals surface area (Å²) in [5.41, 5.74) is -0.0323. The minimum absolute atomic E-state index is 0.0384. The van der Waals surface area contributed by atoms with Crippen LogP contribution < -0.4 is 0 Å². The molecule has 0 unspecified atom stereocenters. The number of nitriles is 1. The van der Waals surface area contributed by atoms with E-state index in [4.69, 9.17) is 9.68 Å². The summed E-state index contributed by atoms with van der Waals surface area (Å²) in [5, 5.41) is 19.0.